The average molecular weight is 477 g/mol. The van der Waals surface area contributed by atoms with Gasteiger partial charge in [0.15, 0.2) is 0 Å². The van der Waals surface area contributed by atoms with E-state index in [2.05, 4.69) is 53.8 Å². The Hall–Kier alpha value is -1.12. The van der Waals surface area contributed by atoms with Crippen molar-refractivity contribution in [3.05, 3.63) is 46.8 Å². The summed E-state index contributed by atoms with van der Waals surface area (Å²) >= 11 is 1.74. The Morgan fingerprint density at radius 3 is 2.70 bits per heavy atom. The van der Waals surface area contributed by atoms with Gasteiger partial charge in [-0.2, -0.15) is 0 Å². The molecule has 4 rings (SSSR count). The number of nitrogens with one attached hydrogen (secondary N) is 2. The zero-order chi connectivity index (χ0) is 23.5. The second-order valence-corrected chi connectivity index (χ2v) is 11.2. The molecule has 2 N–H and O–H groups in total. The minimum absolute atomic E-state index is 0.0782. The van der Waals surface area contributed by atoms with Gasteiger partial charge >= 0.3 is 0 Å². The molecule has 33 heavy (non-hydrogen) atoms. The fourth-order valence-electron chi connectivity index (χ4n) is 5.45. The summed E-state index contributed by atoms with van der Waals surface area (Å²) in [6.07, 6.45) is 6.15. The molecule has 6 atom stereocenters. The molecule has 0 amide bonds. The summed E-state index contributed by atoms with van der Waals surface area (Å²) in [4.78, 5) is 4.91. The Balaban J connectivity index is 1.47. The number of hydrogen-bond acceptors (Lipinski definition) is 6. The average Bonchev–Trinajstić information content (AvgIpc) is 3.38. The van der Waals surface area contributed by atoms with Crippen LogP contribution in [0.4, 0.5) is 4.39 Å². The van der Waals surface area contributed by atoms with Gasteiger partial charge < -0.3 is 20.3 Å². The van der Waals surface area contributed by atoms with Crippen molar-refractivity contribution in [1.29, 1.82) is 0 Å². The molecule has 2 fully saturated rings. The zero-order valence-corrected chi connectivity index (χ0v) is 21.6. The molecule has 1 aromatic carbocycles. The lowest BCUT2D eigenvalue weighted by Gasteiger charge is -2.42. The first-order chi connectivity index (χ1) is 15.9. The number of halogens is 1. The van der Waals surface area contributed by atoms with Crippen molar-refractivity contribution in [1.82, 2.24) is 20.4 Å². The largest absolute Gasteiger partial charge is 0.372 e. The summed E-state index contributed by atoms with van der Waals surface area (Å²) < 4.78 is 19.8. The second-order valence-electron chi connectivity index (χ2n) is 10.2. The molecule has 2 aliphatic heterocycles. The van der Waals surface area contributed by atoms with Crippen LogP contribution in [0, 0.1) is 11.7 Å². The smallest absolute Gasteiger partial charge is 0.123 e. The van der Waals surface area contributed by atoms with Crippen LogP contribution in [0.1, 0.15) is 56.9 Å². The van der Waals surface area contributed by atoms with Gasteiger partial charge in [0.25, 0.3) is 0 Å². The normalized spacial score (nSPS) is 28.9. The van der Waals surface area contributed by atoms with Crippen LogP contribution in [0.25, 0.3) is 0 Å². The van der Waals surface area contributed by atoms with Gasteiger partial charge in [-0.25, -0.2) is 4.39 Å². The summed E-state index contributed by atoms with van der Waals surface area (Å²) in [7, 11) is 6.17. The first-order valence-electron chi connectivity index (χ1n) is 12.4. The van der Waals surface area contributed by atoms with E-state index in [0.29, 0.717) is 30.1 Å². The molecule has 3 aliphatic rings. The van der Waals surface area contributed by atoms with E-state index in [9.17, 15) is 4.39 Å². The van der Waals surface area contributed by atoms with Crippen molar-refractivity contribution in [2.45, 2.75) is 81.7 Å². The fourth-order valence-corrected chi connectivity index (χ4v) is 6.43. The Bertz CT molecular complexity index is 817. The number of thioether (sulfide) groups is 1. The molecule has 0 aromatic heterocycles. The van der Waals surface area contributed by atoms with Crippen LogP contribution < -0.4 is 10.6 Å². The van der Waals surface area contributed by atoms with E-state index in [-0.39, 0.29) is 17.4 Å². The van der Waals surface area contributed by atoms with Gasteiger partial charge in [0.1, 0.15) is 17.4 Å². The van der Waals surface area contributed by atoms with E-state index < -0.39 is 0 Å². The lowest BCUT2D eigenvalue weighted by atomic mass is 9.83. The summed E-state index contributed by atoms with van der Waals surface area (Å²) in [5.41, 5.74) is 2.23. The van der Waals surface area contributed by atoms with Crippen LogP contribution in [-0.2, 0) is 4.74 Å². The Morgan fingerprint density at radius 1 is 1.27 bits per heavy atom. The lowest BCUT2D eigenvalue weighted by Crippen LogP contribution is -2.54. The highest BCUT2D eigenvalue weighted by Crippen LogP contribution is 2.40. The van der Waals surface area contributed by atoms with Crippen LogP contribution >= 0.6 is 11.8 Å². The summed E-state index contributed by atoms with van der Waals surface area (Å²) in [6.45, 7) is 5.65. The monoisotopic (exact) mass is 476 g/mol. The van der Waals surface area contributed by atoms with Crippen LogP contribution in [0.5, 0.6) is 0 Å². The number of methoxy groups -OCH3 is 1. The van der Waals surface area contributed by atoms with E-state index in [1.165, 1.54) is 31.0 Å². The van der Waals surface area contributed by atoms with Crippen LogP contribution in [-0.4, -0.2) is 67.9 Å². The number of ether oxygens (including phenoxy) is 1. The third kappa shape index (κ3) is 5.76. The standard InChI is InChI=1S/C26H41FN4OS/c1-17(18(2)30(3)4)28-23-12-13-31(26(32-5)19-8-6-9-19)24(23)15-22-16-33-25(29-22)20-10-7-11-21(27)14-20/h7,10-11,14,16-19,23-26,28-29H,6,8-9,12-13,15H2,1-5H3/t17?,18?,23-,24-,25?,26?/m0/s1. The highest BCUT2D eigenvalue weighted by Gasteiger charge is 2.43. The molecule has 2 heterocycles. The number of benzene rings is 1. The molecule has 1 aromatic rings. The van der Waals surface area contributed by atoms with Crippen molar-refractivity contribution in [2.24, 2.45) is 5.92 Å². The fraction of sp³-hybridized carbons (Fsp3) is 0.692. The maximum absolute atomic E-state index is 13.7. The predicted octanol–water partition coefficient (Wildman–Crippen LogP) is 4.54. The van der Waals surface area contributed by atoms with E-state index in [0.717, 1.165) is 24.9 Å². The quantitative estimate of drug-likeness (QED) is 0.517. The van der Waals surface area contributed by atoms with Crippen LogP contribution in [0.2, 0.25) is 0 Å². The summed E-state index contributed by atoms with van der Waals surface area (Å²) in [5, 5.41) is 9.95. The topological polar surface area (TPSA) is 39.8 Å². The van der Waals surface area contributed by atoms with Gasteiger partial charge in [0.2, 0.25) is 0 Å². The van der Waals surface area contributed by atoms with Crippen molar-refractivity contribution in [2.75, 3.05) is 27.7 Å². The molecule has 4 unspecified atom stereocenters. The highest BCUT2D eigenvalue weighted by atomic mass is 32.2. The van der Waals surface area contributed by atoms with Gasteiger partial charge in [-0.15, -0.1) is 11.8 Å². The number of hydrogen-bond donors (Lipinski definition) is 2. The summed E-state index contributed by atoms with van der Waals surface area (Å²) in [5.74, 6) is 0.469. The molecule has 5 nitrogen and oxygen atoms in total. The van der Waals surface area contributed by atoms with Gasteiger partial charge in [0.05, 0.1) is 0 Å². The number of nitrogens with zero attached hydrogens (tertiary/aromatic N) is 2. The SMILES string of the molecule is COC(C1CCC1)N1CC[C@H](NC(C)C(C)N(C)C)[C@@H]1CC1=CSC(c2cccc(F)c2)N1. The van der Waals surface area contributed by atoms with Gasteiger partial charge in [-0.1, -0.05) is 18.6 Å². The molecule has 1 saturated heterocycles. The van der Waals surface area contributed by atoms with Crippen molar-refractivity contribution < 1.29 is 9.13 Å². The highest BCUT2D eigenvalue weighted by molar-refractivity contribution is 8.02. The first-order valence-corrected chi connectivity index (χ1v) is 13.4. The number of likely N-dealkylation sites (tertiary alicyclic amines) is 1. The second kappa shape index (κ2) is 11.1. The van der Waals surface area contributed by atoms with E-state index in [1.54, 1.807) is 23.9 Å². The number of likely N-dealkylation sites (N-methyl/N-ethyl adjacent to an activating group) is 1. The Kier molecular flexibility index (Phi) is 8.39. The minimum Gasteiger partial charge on any atom is -0.372 e. The lowest BCUT2D eigenvalue weighted by molar-refractivity contribution is -0.0986. The zero-order valence-electron chi connectivity index (χ0n) is 20.8. The van der Waals surface area contributed by atoms with E-state index in [1.807, 2.05) is 13.2 Å². The first kappa shape index (κ1) is 25.0. The minimum atomic E-state index is -0.179. The Labute approximate surface area is 203 Å². The van der Waals surface area contributed by atoms with Crippen molar-refractivity contribution in [3.8, 4) is 0 Å². The molecule has 0 bridgehead atoms. The van der Waals surface area contributed by atoms with E-state index in [4.69, 9.17) is 4.74 Å². The molecular weight excluding hydrogens is 435 g/mol. The third-order valence-electron chi connectivity index (χ3n) is 7.97. The predicted molar refractivity (Wildman–Crippen MR) is 135 cm³/mol. The molecule has 1 saturated carbocycles. The van der Waals surface area contributed by atoms with Crippen LogP contribution in [0.15, 0.2) is 35.4 Å². The van der Waals surface area contributed by atoms with Crippen molar-refractivity contribution in [3.63, 3.8) is 0 Å². The molecule has 1 aliphatic carbocycles. The Morgan fingerprint density at radius 2 is 2.06 bits per heavy atom. The van der Waals surface area contributed by atoms with Gasteiger partial charge in [-0.3, -0.25) is 4.90 Å². The van der Waals surface area contributed by atoms with Crippen LogP contribution in [0.3, 0.4) is 0 Å². The van der Waals surface area contributed by atoms with Gasteiger partial charge in [0, 0.05) is 49.9 Å². The molecule has 0 spiro atoms. The molecule has 184 valence electrons. The number of rotatable bonds is 10. The maximum atomic E-state index is 13.7. The van der Waals surface area contributed by atoms with Gasteiger partial charge in [-0.05, 0) is 76.2 Å². The summed E-state index contributed by atoms with van der Waals surface area (Å²) in [6, 6.07) is 8.58. The third-order valence-corrected chi connectivity index (χ3v) is 9.05. The van der Waals surface area contributed by atoms with Crippen molar-refractivity contribution >= 4 is 11.8 Å². The molecule has 0 radical (unpaired) electrons. The molecular formula is C26H41FN4OS. The molecule has 7 heteroatoms. The van der Waals surface area contributed by atoms with E-state index >= 15 is 0 Å². The maximum Gasteiger partial charge on any atom is 0.123 e.